The van der Waals surface area contributed by atoms with Crippen molar-refractivity contribution >= 4 is 15.9 Å². The molecule has 0 fully saturated rings. The monoisotopic (exact) mass is 275 g/mol. The number of halogens is 1. The van der Waals surface area contributed by atoms with Crippen molar-refractivity contribution in [2.75, 3.05) is 13.7 Å². The number of hydrogen-bond donors (Lipinski definition) is 1. The number of nitrogens with one attached hydrogen (secondary N) is 1. The first kappa shape index (κ1) is 12.7. The maximum absolute atomic E-state index is 5.49. The fourth-order valence-electron chi connectivity index (χ4n) is 1.49. The van der Waals surface area contributed by atoms with Gasteiger partial charge in [-0.25, -0.2) is 0 Å². The van der Waals surface area contributed by atoms with E-state index in [1.807, 2.05) is 19.9 Å². The first-order valence-electron chi connectivity index (χ1n) is 5.04. The van der Waals surface area contributed by atoms with E-state index in [-0.39, 0.29) is 11.6 Å². The van der Waals surface area contributed by atoms with E-state index >= 15 is 0 Å². The van der Waals surface area contributed by atoms with Crippen molar-refractivity contribution in [3.05, 3.63) is 22.6 Å². The number of ether oxygens (including phenoxy) is 1. The van der Waals surface area contributed by atoms with E-state index in [0.717, 1.165) is 16.8 Å². The average Bonchev–Trinajstić information content (AvgIpc) is 2.60. The lowest BCUT2D eigenvalue weighted by molar-refractivity contribution is -0.0167. The second kappa shape index (κ2) is 5.14. The van der Waals surface area contributed by atoms with Crippen LogP contribution in [0.1, 0.15) is 32.6 Å². The summed E-state index contributed by atoms with van der Waals surface area (Å²) in [5.74, 6) is 0.878. The van der Waals surface area contributed by atoms with Crippen molar-refractivity contribution in [1.82, 2.24) is 5.32 Å². The van der Waals surface area contributed by atoms with Crippen molar-refractivity contribution in [3.63, 3.8) is 0 Å². The molecule has 0 bridgehead atoms. The van der Waals surface area contributed by atoms with E-state index in [1.54, 1.807) is 13.4 Å². The Kier molecular flexibility index (Phi) is 4.37. The smallest absolute Gasteiger partial charge is 0.137 e. The predicted molar refractivity (Wildman–Crippen MR) is 63.9 cm³/mol. The Morgan fingerprint density at radius 1 is 1.60 bits per heavy atom. The minimum atomic E-state index is -0.309. The number of furan rings is 1. The summed E-state index contributed by atoms with van der Waals surface area (Å²) in [4.78, 5) is 0. The largest absolute Gasteiger partial charge is 0.466 e. The predicted octanol–water partition coefficient (Wildman–Crippen LogP) is 3.12. The van der Waals surface area contributed by atoms with Crippen molar-refractivity contribution in [2.24, 2.45) is 0 Å². The van der Waals surface area contributed by atoms with Crippen molar-refractivity contribution in [3.8, 4) is 0 Å². The van der Waals surface area contributed by atoms with Crippen molar-refractivity contribution < 1.29 is 9.15 Å². The van der Waals surface area contributed by atoms with Crippen LogP contribution in [0.2, 0.25) is 0 Å². The Morgan fingerprint density at radius 2 is 2.27 bits per heavy atom. The molecule has 0 aliphatic carbocycles. The van der Waals surface area contributed by atoms with Gasteiger partial charge in [-0.15, -0.1) is 0 Å². The van der Waals surface area contributed by atoms with E-state index in [0.29, 0.717) is 0 Å². The summed E-state index contributed by atoms with van der Waals surface area (Å²) in [6, 6.07) is 1.93. The molecule has 0 aliphatic heterocycles. The Morgan fingerprint density at radius 3 is 2.67 bits per heavy atom. The summed E-state index contributed by atoms with van der Waals surface area (Å²) >= 11 is 3.47. The Bertz CT molecular complexity index is 309. The molecule has 0 aromatic carbocycles. The fourth-order valence-corrected chi connectivity index (χ4v) is 1.92. The first-order valence-corrected chi connectivity index (χ1v) is 5.83. The maximum Gasteiger partial charge on any atom is 0.137 e. The molecular formula is C11H18BrNO2. The topological polar surface area (TPSA) is 34.4 Å². The second-order valence-electron chi connectivity index (χ2n) is 3.93. The van der Waals surface area contributed by atoms with Gasteiger partial charge >= 0.3 is 0 Å². The molecule has 0 spiro atoms. The highest BCUT2D eigenvalue weighted by atomic mass is 79.9. The minimum Gasteiger partial charge on any atom is -0.466 e. The SMILES string of the molecule is CCNC(c1occc1Br)C(C)(C)OC. The van der Waals surface area contributed by atoms with Crippen molar-refractivity contribution in [2.45, 2.75) is 32.4 Å². The molecule has 15 heavy (non-hydrogen) atoms. The van der Waals surface area contributed by atoms with E-state index in [4.69, 9.17) is 9.15 Å². The number of likely N-dealkylation sites (N-methyl/N-ethyl adjacent to an activating group) is 1. The molecule has 4 heteroatoms. The summed E-state index contributed by atoms with van der Waals surface area (Å²) in [7, 11) is 1.71. The number of hydrogen-bond acceptors (Lipinski definition) is 3. The van der Waals surface area contributed by atoms with Gasteiger partial charge < -0.3 is 14.5 Å². The molecule has 1 N–H and O–H groups in total. The highest BCUT2D eigenvalue weighted by molar-refractivity contribution is 9.10. The molecule has 1 aromatic heterocycles. The normalized spacial score (nSPS) is 14.2. The third kappa shape index (κ3) is 2.83. The highest BCUT2D eigenvalue weighted by Crippen LogP contribution is 2.33. The van der Waals surface area contributed by atoms with Gasteiger partial charge in [-0.05, 0) is 42.4 Å². The lowest BCUT2D eigenvalue weighted by Crippen LogP contribution is -2.40. The van der Waals surface area contributed by atoms with Gasteiger partial charge in [-0.3, -0.25) is 0 Å². The summed E-state index contributed by atoms with van der Waals surface area (Å²) in [6.07, 6.45) is 1.68. The van der Waals surface area contributed by atoms with Crippen LogP contribution in [0.4, 0.5) is 0 Å². The zero-order valence-corrected chi connectivity index (χ0v) is 11.2. The molecule has 0 aliphatic rings. The van der Waals surface area contributed by atoms with Crippen LogP contribution in [-0.2, 0) is 4.74 Å². The van der Waals surface area contributed by atoms with Gasteiger partial charge in [0.1, 0.15) is 5.76 Å². The summed E-state index contributed by atoms with van der Waals surface area (Å²) in [5, 5.41) is 3.37. The quantitative estimate of drug-likeness (QED) is 0.897. The van der Waals surface area contributed by atoms with Gasteiger partial charge in [0.05, 0.1) is 22.4 Å². The van der Waals surface area contributed by atoms with Gasteiger partial charge in [0.15, 0.2) is 0 Å². The third-order valence-electron chi connectivity index (χ3n) is 2.54. The molecule has 86 valence electrons. The summed E-state index contributed by atoms with van der Waals surface area (Å²) in [5.41, 5.74) is -0.309. The van der Waals surface area contributed by atoms with E-state index in [9.17, 15) is 0 Å². The molecule has 1 aromatic rings. The number of rotatable bonds is 5. The Balaban J connectivity index is 2.98. The summed E-state index contributed by atoms with van der Waals surface area (Å²) < 4.78 is 11.9. The lowest BCUT2D eigenvalue weighted by atomic mass is 9.96. The van der Waals surface area contributed by atoms with Crippen LogP contribution in [0.3, 0.4) is 0 Å². The zero-order chi connectivity index (χ0) is 11.5. The third-order valence-corrected chi connectivity index (χ3v) is 3.19. The molecule has 1 unspecified atom stereocenters. The van der Waals surface area contributed by atoms with Crippen LogP contribution in [0.5, 0.6) is 0 Å². The number of methoxy groups -OCH3 is 1. The molecule has 1 rings (SSSR count). The Hall–Kier alpha value is -0.320. The second-order valence-corrected chi connectivity index (χ2v) is 4.79. The minimum absolute atomic E-state index is 0.0388. The van der Waals surface area contributed by atoms with Crippen LogP contribution in [0, 0.1) is 0 Å². The molecule has 1 heterocycles. The van der Waals surface area contributed by atoms with E-state index in [1.165, 1.54) is 0 Å². The van der Waals surface area contributed by atoms with E-state index < -0.39 is 0 Å². The van der Waals surface area contributed by atoms with Gasteiger partial charge in [0.25, 0.3) is 0 Å². The molecule has 0 saturated heterocycles. The molecule has 1 atom stereocenters. The molecular weight excluding hydrogens is 258 g/mol. The van der Waals surface area contributed by atoms with Crippen LogP contribution in [0.15, 0.2) is 21.2 Å². The van der Waals surface area contributed by atoms with Crippen molar-refractivity contribution in [1.29, 1.82) is 0 Å². The van der Waals surface area contributed by atoms with Gasteiger partial charge in [-0.2, -0.15) is 0 Å². The molecule has 0 saturated carbocycles. The van der Waals surface area contributed by atoms with Crippen LogP contribution in [-0.4, -0.2) is 19.3 Å². The highest BCUT2D eigenvalue weighted by Gasteiger charge is 2.33. The van der Waals surface area contributed by atoms with Gasteiger partial charge in [0, 0.05) is 7.11 Å². The fraction of sp³-hybridized carbons (Fsp3) is 0.636. The standard InChI is InChI=1S/C11H18BrNO2/c1-5-13-10(11(2,3)14-4)9-8(12)6-7-15-9/h6-7,10,13H,5H2,1-4H3. The van der Waals surface area contributed by atoms with Gasteiger partial charge in [0.2, 0.25) is 0 Å². The average molecular weight is 276 g/mol. The molecule has 0 radical (unpaired) electrons. The van der Waals surface area contributed by atoms with Crippen LogP contribution >= 0.6 is 15.9 Å². The van der Waals surface area contributed by atoms with Crippen LogP contribution in [0.25, 0.3) is 0 Å². The molecule has 0 amide bonds. The molecule has 3 nitrogen and oxygen atoms in total. The lowest BCUT2D eigenvalue weighted by Gasteiger charge is -2.32. The van der Waals surface area contributed by atoms with Crippen LogP contribution < -0.4 is 5.32 Å². The van der Waals surface area contributed by atoms with Gasteiger partial charge in [-0.1, -0.05) is 6.92 Å². The Labute approximate surface area is 99.3 Å². The zero-order valence-electron chi connectivity index (χ0n) is 9.63. The first-order chi connectivity index (χ1) is 7.03. The summed E-state index contributed by atoms with van der Waals surface area (Å²) in [6.45, 7) is 7.00. The maximum atomic E-state index is 5.49. The van der Waals surface area contributed by atoms with E-state index in [2.05, 4.69) is 28.2 Å².